The Hall–Kier alpha value is -0.570. The van der Waals surface area contributed by atoms with Crippen LogP contribution in [-0.2, 0) is 4.79 Å². The number of nitrogens with one attached hydrogen (secondary N) is 1. The van der Waals surface area contributed by atoms with Crippen LogP contribution in [-0.4, -0.2) is 19.0 Å². The van der Waals surface area contributed by atoms with Crippen molar-refractivity contribution < 1.29 is 4.79 Å². The van der Waals surface area contributed by atoms with Crippen LogP contribution in [0.3, 0.4) is 0 Å². The van der Waals surface area contributed by atoms with E-state index >= 15 is 0 Å². The van der Waals surface area contributed by atoms with Gasteiger partial charge in [0, 0.05) is 6.04 Å². The number of rotatable bonds is 2. The van der Waals surface area contributed by atoms with Gasteiger partial charge in [0.25, 0.3) is 0 Å². The number of carbonyl (C=O) groups excluding carboxylic acids is 1. The van der Waals surface area contributed by atoms with Crippen molar-refractivity contribution in [3.05, 3.63) is 0 Å². The molecule has 0 spiro atoms. The summed E-state index contributed by atoms with van der Waals surface area (Å²) >= 11 is 0. The highest BCUT2D eigenvalue weighted by atomic mass is 16.1. The van der Waals surface area contributed by atoms with Crippen molar-refractivity contribution in [3.8, 4) is 0 Å². The quantitative estimate of drug-likeness (QED) is 0.602. The number of carbonyl (C=O) groups is 1. The monoisotopic (exact) mass is 156 g/mol. The van der Waals surface area contributed by atoms with Gasteiger partial charge in [-0.15, -0.1) is 0 Å². The van der Waals surface area contributed by atoms with Gasteiger partial charge in [-0.05, 0) is 19.9 Å². The van der Waals surface area contributed by atoms with Crippen molar-refractivity contribution >= 4 is 5.91 Å². The summed E-state index contributed by atoms with van der Waals surface area (Å²) in [4.78, 5) is 10.9. The summed E-state index contributed by atoms with van der Waals surface area (Å²) in [6, 6.07) is 0.321. The largest absolute Gasteiger partial charge is 0.369 e. The lowest BCUT2D eigenvalue weighted by atomic mass is 9.84. The van der Waals surface area contributed by atoms with Crippen LogP contribution in [0.2, 0.25) is 0 Å². The molecule has 3 heteroatoms. The highest BCUT2D eigenvalue weighted by Crippen LogP contribution is 2.23. The second kappa shape index (κ2) is 3.72. The Morgan fingerprint density at radius 3 is 2.55 bits per heavy atom. The Labute approximate surface area is 67.3 Å². The predicted octanol–water partition coefficient (Wildman–Crippen LogP) is 0.250. The Balaban J connectivity index is 2.51. The third kappa shape index (κ3) is 1.93. The maximum absolute atomic E-state index is 10.9. The number of amides is 1. The molecule has 0 aromatic carbocycles. The zero-order valence-electron chi connectivity index (χ0n) is 6.97. The van der Waals surface area contributed by atoms with Crippen LogP contribution in [0.25, 0.3) is 0 Å². The second-order valence-corrected chi connectivity index (χ2v) is 3.19. The molecule has 0 saturated heterocycles. The van der Waals surface area contributed by atoms with Crippen molar-refractivity contribution in [1.29, 1.82) is 0 Å². The standard InChI is InChI=1S/C8H16N2O/c1-10-7-5-3-2-4-6(7)8(9)11/h6-7,10H,2-5H2,1H3,(H2,9,11)/t6?,7-/m0/s1. The number of hydrogen-bond donors (Lipinski definition) is 2. The first-order chi connectivity index (χ1) is 5.25. The molecule has 0 aliphatic heterocycles. The van der Waals surface area contributed by atoms with Gasteiger partial charge in [0.05, 0.1) is 5.92 Å². The van der Waals surface area contributed by atoms with Crippen LogP contribution >= 0.6 is 0 Å². The van der Waals surface area contributed by atoms with E-state index in [1.54, 1.807) is 0 Å². The highest BCUT2D eigenvalue weighted by molar-refractivity contribution is 5.77. The molecular weight excluding hydrogens is 140 g/mol. The molecule has 3 nitrogen and oxygen atoms in total. The van der Waals surface area contributed by atoms with Crippen LogP contribution in [0.4, 0.5) is 0 Å². The Bertz CT molecular complexity index is 147. The average Bonchev–Trinajstić information content (AvgIpc) is 2.04. The molecule has 1 aliphatic rings. The van der Waals surface area contributed by atoms with Crippen molar-refractivity contribution in [2.75, 3.05) is 7.05 Å². The molecule has 1 saturated carbocycles. The van der Waals surface area contributed by atoms with Gasteiger partial charge in [-0.1, -0.05) is 12.8 Å². The Kier molecular flexibility index (Phi) is 2.88. The minimum atomic E-state index is -0.149. The van der Waals surface area contributed by atoms with Crippen LogP contribution in [0.15, 0.2) is 0 Å². The average molecular weight is 156 g/mol. The normalized spacial score (nSPS) is 31.7. The molecule has 1 unspecified atom stereocenters. The highest BCUT2D eigenvalue weighted by Gasteiger charge is 2.27. The minimum Gasteiger partial charge on any atom is -0.369 e. The van der Waals surface area contributed by atoms with Gasteiger partial charge in [0.1, 0.15) is 0 Å². The maximum atomic E-state index is 10.9. The van der Waals surface area contributed by atoms with Crippen LogP contribution in [0.1, 0.15) is 25.7 Å². The van der Waals surface area contributed by atoms with Crippen LogP contribution in [0, 0.1) is 5.92 Å². The summed E-state index contributed by atoms with van der Waals surface area (Å²) in [5.41, 5.74) is 5.25. The van der Waals surface area contributed by atoms with Gasteiger partial charge in [0.2, 0.25) is 5.91 Å². The first kappa shape index (κ1) is 8.53. The molecule has 0 bridgehead atoms. The summed E-state index contributed by atoms with van der Waals surface area (Å²) < 4.78 is 0. The number of nitrogens with two attached hydrogens (primary N) is 1. The SMILES string of the molecule is CN[C@H]1CCCCC1C(N)=O. The molecule has 2 atom stereocenters. The molecule has 1 amide bonds. The molecule has 1 aliphatic carbocycles. The molecular formula is C8H16N2O. The molecule has 64 valence electrons. The van der Waals surface area contributed by atoms with Gasteiger partial charge in [-0.25, -0.2) is 0 Å². The fourth-order valence-electron chi connectivity index (χ4n) is 1.82. The summed E-state index contributed by atoms with van der Waals surface area (Å²) in [6.07, 6.45) is 4.41. The smallest absolute Gasteiger partial charge is 0.222 e. The van der Waals surface area contributed by atoms with Gasteiger partial charge in [-0.2, -0.15) is 0 Å². The Morgan fingerprint density at radius 1 is 1.45 bits per heavy atom. The zero-order valence-corrected chi connectivity index (χ0v) is 6.97. The van der Waals surface area contributed by atoms with Crippen molar-refractivity contribution in [2.45, 2.75) is 31.7 Å². The van der Waals surface area contributed by atoms with Crippen LogP contribution < -0.4 is 11.1 Å². The van der Waals surface area contributed by atoms with Crippen molar-refractivity contribution in [2.24, 2.45) is 11.7 Å². The summed E-state index contributed by atoms with van der Waals surface area (Å²) in [5.74, 6) is -0.0854. The molecule has 0 aromatic rings. The summed E-state index contributed by atoms with van der Waals surface area (Å²) in [7, 11) is 1.89. The van der Waals surface area contributed by atoms with E-state index in [0.717, 1.165) is 19.3 Å². The Morgan fingerprint density at radius 2 is 2.09 bits per heavy atom. The van der Waals surface area contributed by atoms with E-state index < -0.39 is 0 Å². The van der Waals surface area contributed by atoms with Crippen molar-refractivity contribution in [1.82, 2.24) is 5.32 Å². The molecule has 0 radical (unpaired) electrons. The summed E-state index contributed by atoms with van der Waals surface area (Å²) in [6.45, 7) is 0. The first-order valence-corrected chi connectivity index (χ1v) is 4.22. The molecule has 0 aromatic heterocycles. The van der Waals surface area contributed by atoms with E-state index in [4.69, 9.17) is 5.73 Å². The lowest BCUT2D eigenvalue weighted by molar-refractivity contribution is -0.123. The second-order valence-electron chi connectivity index (χ2n) is 3.19. The fraction of sp³-hybridized carbons (Fsp3) is 0.875. The lowest BCUT2D eigenvalue weighted by Gasteiger charge is -2.28. The van der Waals surface area contributed by atoms with E-state index in [9.17, 15) is 4.79 Å². The molecule has 3 N–H and O–H groups in total. The van der Waals surface area contributed by atoms with Gasteiger partial charge >= 0.3 is 0 Å². The van der Waals surface area contributed by atoms with E-state index in [1.165, 1.54) is 6.42 Å². The number of hydrogen-bond acceptors (Lipinski definition) is 2. The van der Waals surface area contributed by atoms with Gasteiger partial charge in [0.15, 0.2) is 0 Å². The van der Waals surface area contributed by atoms with E-state index in [2.05, 4.69) is 5.32 Å². The van der Waals surface area contributed by atoms with E-state index in [1.807, 2.05) is 7.05 Å². The fourth-order valence-corrected chi connectivity index (χ4v) is 1.82. The predicted molar refractivity (Wildman–Crippen MR) is 44.0 cm³/mol. The minimum absolute atomic E-state index is 0.0637. The third-order valence-corrected chi connectivity index (χ3v) is 2.50. The van der Waals surface area contributed by atoms with Crippen LogP contribution in [0.5, 0.6) is 0 Å². The first-order valence-electron chi connectivity index (χ1n) is 4.22. The lowest BCUT2D eigenvalue weighted by Crippen LogP contribution is -2.43. The molecule has 1 rings (SSSR count). The number of primary amides is 1. The topological polar surface area (TPSA) is 55.1 Å². The van der Waals surface area contributed by atoms with E-state index in [0.29, 0.717) is 6.04 Å². The van der Waals surface area contributed by atoms with Crippen molar-refractivity contribution in [3.63, 3.8) is 0 Å². The third-order valence-electron chi connectivity index (χ3n) is 2.50. The molecule has 11 heavy (non-hydrogen) atoms. The van der Waals surface area contributed by atoms with Gasteiger partial charge < -0.3 is 11.1 Å². The zero-order chi connectivity index (χ0) is 8.27. The maximum Gasteiger partial charge on any atom is 0.222 e. The van der Waals surface area contributed by atoms with E-state index in [-0.39, 0.29) is 11.8 Å². The van der Waals surface area contributed by atoms with Gasteiger partial charge in [-0.3, -0.25) is 4.79 Å². The molecule has 1 fully saturated rings. The summed E-state index contributed by atoms with van der Waals surface area (Å²) in [5, 5.41) is 3.13. The molecule has 0 heterocycles.